The van der Waals surface area contributed by atoms with Crippen LogP contribution in [0.2, 0.25) is 0 Å². The van der Waals surface area contributed by atoms with E-state index in [2.05, 4.69) is 5.32 Å². The molecule has 86 valence electrons. The van der Waals surface area contributed by atoms with Crippen LogP contribution in [-0.2, 0) is 10.2 Å². The zero-order chi connectivity index (χ0) is 12.1. The highest BCUT2D eigenvalue weighted by Gasteiger charge is 2.46. The predicted molar refractivity (Wildman–Crippen MR) is 57.2 cm³/mol. The maximum Gasteiger partial charge on any atom is 0.235 e. The quantitative estimate of drug-likeness (QED) is 0.782. The average Bonchev–Trinajstić information content (AvgIpc) is 2.43. The molecular formula is C12H13F2NO. The van der Waals surface area contributed by atoms with Gasteiger partial charge in [-0.05, 0) is 24.5 Å². The standard InChI is InChI=1S/C12H13F2NO/c1-6(2)12(3)8-4-7(13)5-9(14)10(8)15-11(12)16/h4-6H,1-3H3,(H,15,16). The van der Waals surface area contributed by atoms with E-state index in [9.17, 15) is 13.6 Å². The van der Waals surface area contributed by atoms with Crippen LogP contribution in [0.5, 0.6) is 0 Å². The summed E-state index contributed by atoms with van der Waals surface area (Å²) < 4.78 is 26.7. The Morgan fingerprint density at radius 1 is 1.31 bits per heavy atom. The van der Waals surface area contributed by atoms with Gasteiger partial charge in [-0.3, -0.25) is 4.79 Å². The number of anilines is 1. The van der Waals surface area contributed by atoms with Crippen molar-refractivity contribution in [1.82, 2.24) is 0 Å². The molecule has 16 heavy (non-hydrogen) atoms. The molecule has 0 aromatic heterocycles. The van der Waals surface area contributed by atoms with Gasteiger partial charge >= 0.3 is 0 Å². The summed E-state index contributed by atoms with van der Waals surface area (Å²) in [6, 6.07) is 2.02. The third kappa shape index (κ3) is 1.25. The van der Waals surface area contributed by atoms with E-state index in [-0.39, 0.29) is 17.5 Å². The Labute approximate surface area is 92.7 Å². The maximum atomic E-state index is 13.5. The second-order valence-corrected chi connectivity index (χ2v) is 4.62. The molecule has 0 spiro atoms. The minimum absolute atomic E-state index is 0.0325. The van der Waals surface area contributed by atoms with Crippen molar-refractivity contribution in [3.8, 4) is 0 Å². The lowest BCUT2D eigenvalue weighted by molar-refractivity contribution is -0.121. The highest BCUT2D eigenvalue weighted by molar-refractivity contribution is 6.06. The smallest absolute Gasteiger partial charge is 0.235 e. The molecule has 4 heteroatoms. The number of halogens is 2. The number of amides is 1. The summed E-state index contributed by atoms with van der Waals surface area (Å²) >= 11 is 0. The molecule has 0 saturated carbocycles. The van der Waals surface area contributed by atoms with Crippen LogP contribution in [-0.4, -0.2) is 5.91 Å². The van der Waals surface area contributed by atoms with E-state index in [0.717, 1.165) is 6.07 Å². The molecular weight excluding hydrogens is 212 g/mol. The Hall–Kier alpha value is -1.45. The minimum Gasteiger partial charge on any atom is -0.323 e. The molecule has 0 radical (unpaired) electrons. The van der Waals surface area contributed by atoms with E-state index in [1.807, 2.05) is 13.8 Å². The van der Waals surface area contributed by atoms with Crippen LogP contribution in [0.25, 0.3) is 0 Å². The summed E-state index contributed by atoms with van der Waals surface area (Å²) in [7, 11) is 0. The van der Waals surface area contributed by atoms with Crippen molar-refractivity contribution in [2.45, 2.75) is 26.2 Å². The lowest BCUT2D eigenvalue weighted by Crippen LogP contribution is -2.36. The fourth-order valence-corrected chi connectivity index (χ4v) is 2.05. The summed E-state index contributed by atoms with van der Waals surface area (Å²) in [5, 5.41) is 2.48. The molecule has 1 aromatic rings. The first kappa shape index (κ1) is 11.0. The number of nitrogens with one attached hydrogen (secondary N) is 1. The van der Waals surface area contributed by atoms with Gasteiger partial charge in [-0.1, -0.05) is 13.8 Å². The van der Waals surface area contributed by atoms with Gasteiger partial charge in [0.25, 0.3) is 0 Å². The number of benzene rings is 1. The summed E-state index contributed by atoms with van der Waals surface area (Å²) in [5.41, 5.74) is -0.342. The van der Waals surface area contributed by atoms with Crippen LogP contribution < -0.4 is 5.32 Å². The van der Waals surface area contributed by atoms with Gasteiger partial charge in [0.05, 0.1) is 11.1 Å². The third-order valence-corrected chi connectivity index (χ3v) is 3.48. The van der Waals surface area contributed by atoms with E-state index in [0.29, 0.717) is 5.56 Å². The van der Waals surface area contributed by atoms with Crippen LogP contribution in [0, 0.1) is 17.6 Å². The molecule has 1 amide bonds. The zero-order valence-corrected chi connectivity index (χ0v) is 9.40. The molecule has 1 atom stereocenters. The number of carbonyl (C=O) groups is 1. The summed E-state index contributed by atoms with van der Waals surface area (Å²) in [5.74, 6) is -1.68. The largest absolute Gasteiger partial charge is 0.323 e. The van der Waals surface area contributed by atoms with Crippen LogP contribution in [0.1, 0.15) is 26.3 Å². The lowest BCUT2D eigenvalue weighted by Gasteiger charge is -2.26. The second-order valence-electron chi connectivity index (χ2n) is 4.62. The van der Waals surface area contributed by atoms with Crippen molar-refractivity contribution in [2.75, 3.05) is 5.32 Å². The fraction of sp³-hybridized carbons (Fsp3) is 0.417. The first-order valence-corrected chi connectivity index (χ1v) is 5.18. The number of rotatable bonds is 1. The van der Waals surface area contributed by atoms with Gasteiger partial charge in [-0.15, -0.1) is 0 Å². The molecule has 1 aliphatic heterocycles. The van der Waals surface area contributed by atoms with Gasteiger partial charge < -0.3 is 5.32 Å². The van der Waals surface area contributed by atoms with E-state index in [4.69, 9.17) is 0 Å². The highest BCUT2D eigenvalue weighted by Crippen LogP contribution is 2.44. The van der Waals surface area contributed by atoms with Crippen molar-refractivity contribution in [1.29, 1.82) is 0 Å². The van der Waals surface area contributed by atoms with Crippen LogP contribution in [0.15, 0.2) is 12.1 Å². The molecule has 0 fully saturated rings. The number of carbonyl (C=O) groups excluding carboxylic acids is 1. The Morgan fingerprint density at radius 2 is 1.94 bits per heavy atom. The molecule has 1 aromatic carbocycles. The van der Waals surface area contributed by atoms with E-state index in [1.54, 1.807) is 6.92 Å². The summed E-state index contributed by atoms with van der Waals surface area (Å²) in [6.07, 6.45) is 0. The normalized spacial score (nSPS) is 23.5. The molecule has 1 heterocycles. The van der Waals surface area contributed by atoms with Crippen molar-refractivity contribution >= 4 is 11.6 Å². The molecule has 1 unspecified atom stereocenters. The first-order valence-electron chi connectivity index (χ1n) is 5.18. The number of hydrogen-bond acceptors (Lipinski definition) is 1. The Kier molecular flexibility index (Phi) is 2.26. The third-order valence-electron chi connectivity index (χ3n) is 3.48. The molecule has 0 saturated heterocycles. The van der Waals surface area contributed by atoms with Crippen molar-refractivity contribution in [3.05, 3.63) is 29.3 Å². The topological polar surface area (TPSA) is 29.1 Å². The Morgan fingerprint density at radius 3 is 2.50 bits per heavy atom. The maximum absolute atomic E-state index is 13.5. The van der Waals surface area contributed by atoms with Gasteiger partial charge in [0, 0.05) is 6.07 Å². The highest BCUT2D eigenvalue weighted by atomic mass is 19.1. The average molecular weight is 225 g/mol. The Bertz CT molecular complexity index is 470. The molecule has 2 rings (SSSR count). The second kappa shape index (κ2) is 3.27. The zero-order valence-electron chi connectivity index (χ0n) is 9.40. The lowest BCUT2D eigenvalue weighted by atomic mass is 9.74. The molecule has 0 bridgehead atoms. The molecule has 0 aliphatic carbocycles. The summed E-state index contributed by atoms with van der Waals surface area (Å²) in [6.45, 7) is 5.42. The monoisotopic (exact) mass is 225 g/mol. The van der Waals surface area contributed by atoms with E-state index < -0.39 is 17.0 Å². The van der Waals surface area contributed by atoms with E-state index in [1.165, 1.54) is 6.07 Å². The van der Waals surface area contributed by atoms with Crippen molar-refractivity contribution in [2.24, 2.45) is 5.92 Å². The molecule has 1 aliphatic rings. The summed E-state index contributed by atoms with van der Waals surface area (Å²) in [4.78, 5) is 11.9. The predicted octanol–water partition coefficient (Wildman–Crippen LogP) is 2.83. The molecule has 1 N–H and O–H groups in total. The van der Waals surface area contributed by atoms with E-state index >= 15 is 0 Å². The van der Waals surface area contributed by atoms with Gasteiger partial charge in [-0.25, -0.2) is 8.78 Å². The first-order chi connectivity index (χ1) is 7.37. The van der Waals surface area contributed by atoms with Crippen LogP contribution in [0.4, 0.5) is 14.5 Å². The SMILES string of the molecule is CC(C)C1(C)C(=O)Nc2c(F)cc(F)cc21. The number of hydrogen-bond donors (Lipinski definition) is 1. The minimum atomic E-state index is -0.863. The van der Waals surface area contributed by atoms with Crippen LogP contribution in [0.3, 0.4) is 0 Å². The van der Waals surface area contributed by atoms with Gasteiger partial charge in [-0.2, -0.15) is 0 Å². The van der Waals surface area contributed by atoms with Crippen molar-refractivity contribution in [3.63, 3.8) is 0 Å². The van der Waals surface area contributed by atoms with Gasteiger partial charge in [0.1, 0.15) is 11.6 Å². The van der Waals surface area contributed by atoms with Crippen molar-refractivity contribution < 1.29 is 13.6 Å². The Balaban J connectivity index is 2.70. The molecule has 2 nitrogen and oxygen atoms in total. The number of fused-ring (bicyclic) bond motifs is 1. The van der Waals surface area contributed by atoms with Crippen LogP contribution >= 0.6 is 0 Å². The fourth-order valence-electron chi connectivity index (χ4n) is 2.05. The van der Waals surface area contributed by atoms with Gasteiger partial charge in [0.2, 0.25) is 5.91 Å². The van der Waals surface area contributed by atoms with Gasteiger partial charge in [0.15, 0.2) is 0 Å².